The molecule has 2 aliphatic rings. The van der Waals surface area contributed by atoms with Crippen molar-refractivity contribution in [2.75, 3.05) is 50.7 Å². The van der Waals surface area contributed by atoms with Crippen molar-refractivity contribution in [1.82, 2.24) is 15.1 Å². The Morgan fingerprint density at radius 3 is 2.23 bits per heavy atom. The molecule has 2 aromatic rings. The predicted molar refractivity (Wildman–Crippen MR) is 123 cm³/mol. The van der Waals surface area contributed by atoms with Crippen LogP contribution in [0.25, 0.3) is 0 Å². The maximum absolute atomic E-state index is 13.1. The number of amides is 2. The molecule has 1 unspecified atom stereocenters. The highest BCUT2D eigenvalue weighted by atomic mass is 16.2. The summed E-state index contributed by atoms with van der Waals surface area (Å²) in [4.78, 5) is 32.2. The number of anilines is 1. The molecule has 2 aliphatic heterocycles. The fourth-order valence-electron chi connectivity index (χ4n) is 4.51. The normalized spacial score (nSPS) is 18.6. The summed E-state index contributed by atoms with van der Waals surface area (Å²) in [5, 5.41) is 3.10. The molecule has 0 saturated carbocycles. The number of nitrogens with one attached hydrogen (secondary N) is 1. The molecule has 1 N–H and O–H groups in total. The van der Waals surface area contributed by atoms with Gasteiger partial charge >= 0.3 is 0 Å². The molecule has 2 amide bonds. The van der Waals surface area contributed by atoms with Crippen molar-refractivity contribution in [1.29, 1.82) is 0 Å². The van der Waals surface area contributed by atoms with E-state index in [1.54, 1.807) is 4.90 Å². The molecule has 1 atom stereocenters. The van der Waals surface area contributed by atoms with Crippen LogP contribution in [0, 0.1) is 0 Å². The topological polar surface area (TPSA) is 55.9 Å². The Morgan fingerprint density at radius 1 is 0.871 bits per heavy atom. The third-order valence-electron chi connectivity index (χ3n) is 6.26. The molecule has 0 radical (unpaired) electrons. The van der Waals surface area contributed by atoms with Crippen molar-refractivity contribution in [3.05, 3.63) is 66.2 Å². The molecule has 0 bridgehead atoms. The third kappa shape index (κ3) is 5.44. The van der Waals surface area contributed by atoms with E-state index in [1.807, 2.05) is 36.4 Å². The first-order valence-corrected chi connectivity index (χ1v) is 11.4. The van der Waals surface area contributed by atoms with Crippen LogP contribution >= 0.6 is 0 Å². The minimum absolute atomic E-state index is 0.0762. The lowest BCUT2D eigenvalue weighted by Gasteiger charge is -2.36. The van der Waals surface area contributed by atoms with Crippen LogP contribution < -0.4 is 10.2 Å². The van der Waals surface area contributed by atoms with Crippen LogP contribution in [0.2, 0.25) is 0 Å². The van der Waals surface area contributed by atoms with Crippen LogP contribution in [0.3, 0.4) is 0 Å². The van der Waals surface area contributed by atoms with E-state index in [0.717, 1.165) is 51.1 Å². The summed E-state index contributed by atoms with van der Waals surface area (Å²) in [6, 6.07) is 19.6. The summed E-state index contributed by atoms with van der Waals surface area (Å²) in [5.41, 5.74) is 2.15. The van der Waals surface area contributed by atoms with Gasteiger partial charge in [0.1, 0.15) is 6.04 Å². The molecule has 2 saturated heterocycles. The van der Waals surface area contributed by atoms with E-state index < -0.39 is 6.04 Å². The van der Waals surface area contributed by atoms with Crippen LogP contribution in [0.15, 0.2) is 60.7 Å². The standard InChI is InChI=1S/C25H32N4O2/c30-23-13-7-8-15-29(23)24(21-9-3-1-4-10-21)25(31)26-14-16-27-17-19-28(20-18-27)22-11-5-2-6-12-22/h1-6,9-12,24H,7-8,13-20H2,(H,26,31). The molecule has 2 aromatic carbocycles. The first kappa shape index (κ1) is 21.4. The lowest BCUT2D eigenvalue weighted by Crippen LogP contribution is -2.50. The maximum Gasteiger partial charge on any atom is 0.247 e. The fraction of sp³-hybridized carbons (Fsp3) is 0.440. The molecule has 2 heterocycles. The highest BCUT2D eigenvalue weighted by molar-refractivity contribution is 5.89. The largest absolute Gasteiger partial charge is 0.369 e. The molecule has 4 rings (SSSR count). The Labute approximate surface area is 184 Å². The summed E-state index contributed by atoms with van der Waals surface area (Å²) in [6.07, 6.45) is 2.39. The zero-order valence-corrected chi connectivity index (χ0v) is 18.1. The Morgan fingerprint density at radius 2 is 1.55 bits per heavy atom. The fourth-order valence-corrected chi connectivity index (χ4v) is 4.51. The number of likely N-dealkylation sites (tertiary alicyclic amines) is 1. The lowest BCUT2D eigenvalue weighted by molar-refractivity contribution is -0.142. The minimum atomic E-state index is -0.538. The Hall–Kier alpha value is -2.86. The van der Waals surface area contributed by atoms with Gasteiger partial charge < -0.3 is 15.1 Å². The number of nitrogens with zero attached hydrogens (tertiary/aromatic N) is 3. The SMILES string of the molecule is O=C(NCCN1CCN(c2ccccc2)CC1)C(c1ccccc1)N1CCCCC1=O. The smallest absolute Gasteiger partial charge is 0.247 e. The Balaban J connectivity index is 1.30. The van der Waals surface area contributed by atoms with Crippen LogP contribution in [-0.2, 0) is 9.59 Å². The van der Waals surface area contributed by atoms with E-state index in [4.69, 9.17) is 0 Å². The van der Waals surface area contributed by atoms with Crippen LogP contribution in [0.5, 0.6) is 0 Å². The van der Waals surface area contributed by atoms with E-state index >= 15 is 0 Å². The van der Waals surface area contributed by atoms with Gasteiger partial charge in [-0.15, -0.1) is 0 Å². The first-order chi connectivity index (χ1) is 15.2. The summed E-state index contributed by atoms with van der Waals surface area (Å²) >= 11 is 0. The van der Waals surface area contributed by atoms with Crippen molar-refractivity contribution >= 4 is 17.5 Å². The number of benzene rings is 2. The van der Waals surface area contributed by atoms with E-state index in [2.05, 4.69) is 39.4 Å². The number of piperidine rings is 1. The molecule has 164 valence electrons. The molecule has 0 aromatic heterocycles. The van der Waals surface area contributed by atoms with E-state index in [-0.39, 0.29) is 11.8 Å². The predicted octanol–water partition coefficient (Wildman–Crippen LogP) is 2.68. The van der Waals surface area contributed by atoms with E-state index in [9.17, 15) is 9.59 Å². The average molecular weight is 421 g/mol. The molecule has 2 fully saturated rings. The first-order valence-electron chi connectivity index (χ1n) is 11.4. The van der Waals surface area contributed by atoms with Gasteiger partial charge in [0.2, 0.25) is 11.8 Å². The van der Waals surface area contributed by atoms with Gasteiger partial charge in [-0.3, -0.25) is 14.5 Å². The summed E-state index contributed by atoms with van der Waals surface area (Å²) < 4.78 is 0. The van der Waals surface area contributed by atoms with Gasteiger partial charge in [0.05, 0.1) is 0 Å². The average Bonchev–Trinajstić information content (AvgIpc) is 2.82. The molecule has 31 heavy (non-hydrogen) atoms. The van der Waals surface area contributed by atoms with Crippen LogP contribution in [-0.4, -0.2) is 67.4 Å². The monoisotopic (exact) mass is 420 g/mol. The molecular weight excluding hydrogens is 388 g/mol. The number of piperazine rings is 1. The quantitative estimate of drug-likeness (QED) is 0.748. The molecule has 6 nitrogen and oxygen atoms in total. The zero-order chi connectivity index (χ0) is 21.5. The number of para-hydroxylation sites is 1. The van der Waals surface area contributed by atoms with Crippen molar-refractivity contribution in [3.63, 3.8) is 0 Å². The minimum Gasteiger partial charge on any atom is -0.369 e. The second-order valence-corrected chi connectivity index (χ2v) is 8.31. The maximum atomic E-state index is 13.1. The van der Waals surface area contributed by atoms with Gasteiger partial charge in [-0.1, -0.05) is 48.5 Å². The van der Waals surface area contributed by atoms with Gasteiger partial charge in [-0.25, -0.2) is 0 Å². The van der Waals surface area contributed by atoms with Crippen molar-refractivity contribution in [2.24, 2.45) is 0 Å². The van der Waals surface area contributed by atoms with Gasteiger partial charge in [0, 0.05) is 57.9 Å². The van der Waals surface area contributed by atoms with Crippen molar-refractivity contribution < 1.29 is 9.59 Å². The lowest BCUT2D eigenvalue weighted by atomic mass is 10.0. The second-order valence-electron chi connectivity index (χ2n) is 8.31. The number of hydrogen-bond acceptors (Lipinski definition) is 4. The van der Waals surface area contributed by atoms with Gasteiger partial charge in [-0.05, 0) is 30.5 Å². The van der Waals surface area contributed by atoms with Crippen LogP contribution in [0.1, 0.15) is 30.9 Å². The second kappa shape index (κ2) is 10.4. The number of hydrogen-bond donors (Lipinski definition) is 1. The van der Waals surface area contributed by atoms with E-state index in [0.29, 0.717) is 19.5 Å². The Bertz CT molecular complexity index is 850. The summed E-state index contributed by atoms with van der Waals surface area (Å²) in [6.45, 7) is 6.02. The highest BCUT2D eigenvalue weighted by Gasteiger charge is 2.32. The molecule has 6 heteroatoms. The number of rotatable bonds is 7. The van der Waals surface area contributed by atoms with E-state index in [1.165, 1.54) is 5.69 Å². The van der Waals surface area contributed by atoms with Crippen molar-refractivity contribution in [3.8, 4) is 0 Å². The van der Waals surface area contributed by atoms with Gasteiger partial charge in [0.25, 0.3) is 0 Å². The van der Waals surface area contributed by atoms with Gasteiger partial charge in [0.15, 0.2) is 0 Å². The van der Waals surface area contributed by atoms with Gasteiger partial charge in [-0.2, -0.15) is 0 Å². The van der Waals surface area contributed by atoms with Crippen LogP contribution in [0.4, 0.5) is 5.69 Å². The summed E-state index contributed by atoms with van der Waals surface area (Å²) in [5.74, 6) is -0.00309. The molecule has 0 aliphatic carbocycles. The highest BCUT2D eigenvalue weighted by Crippen LogP contribution is 2.25. The Kier molecular flexibility index (Phi) is 7.20. The molecular formula is C25H32N4O2. The number of carbonyl (C=O) groups is 2. The third-order valence-corrected chi connectivity index (χ3v) is 6.26. The molecule has 0 spiro atoms. The zero-order valence-electron chi connectivity index (χ0n) is 18.1. The summed E-state index contributed by atoms with van der Waals surface area (Å²) in [7, 11) is 0. The van der Waals surface area contributed by atoms with Crippen molar-refractivity contribution in [2.45, 2.75) is 25.3 Å². The number of carbonyl (C=O) groups excluding carboxylic acids is 2.